The van der Waals surface area contributed by atoms with Crippen LogP contribution in [0.1, 0.15) is 67.7 Å². The molecule has 28 heavy (non-hydrogen) atoms. The number of hydrogen-bond acceptors (Lipinski definition) is 4. The molecule has 6 N–H and O–H groups in total. The van der Waals surface area contributed by atoms with Crippen LogP contribution in [0.3, 0.4) is 0 Å². The largest absolute Gasteiger partial charge is 0.385 e. The number of aliphatic imine (C=N–C) groups is 1. The van der Waals surface area contributed by atoms with Crippen LogP contribution < -0.4 is 11.2 Å². The van der Waals surface area contributed by atoms with Gasteiger partial charge in [0.25, 0.3) is 0 Å². The molecular weight excluding hydrogens is 352 g/mol. The number of nitrogens with zero attached hydrogens (tertiary/aromatic N) is 3. The second kappa shape index (κ2) is 9.80. The first-order valence-corrected chi connectivity index (χ1v) is 9.64. The summed E-state index contributed by atoms with van der Waals surface area (Å²) in [6.45, 7) is 13.9. The Morgan fingerprint density at radius 2 is 1.54 bits per heavy atom. The Balaban J connectivity index is 5.16. The highest BCUT2D eigenvalue weighted by molar-refractivity contribution is 6.29. The van der Waals surface area contributed by atoms with Crippen molar-refractivity contribution in [2.75, 3.05) is 14.1 Å². The van der Waals surface area contributed by atoms with Crippen molar-refractivity contribution >= 4 is 29.6 Å². The van der Waals surface area contributed by atoms with Crippen LogP contribution in [-0.4, -0.2) is 48.6 Å². The number of nitrogens with two attached hydrogens (primary N) is 1. The van der Waals surface area contributed by atoms with Gasteiger partial charge in [0.2, 0.25) is 0 Å². The lowest BCUT2D eigenvalue weighted by atomic mass is 9.73. The van der Waals surface area contributed by atoms with Gasteiger partial charge in [-0.25, -0.2) is 4.99 Å². The maximum absolute atomic E-state index is 8.42. The van der Waals surface area contributed by atoms with Crippen LogP contribution in [-0.2, 0) is 0 Å². The summed E-state index contributed by atoms with van der Waals surface area (Å²) in [5.74, 6) is 1.13. The van der Waals surface area contributed by atoms with E-state index in [2.05, 4.69) is 22.4 Å². The molecule has 0 spiro atoms. The Morgan fingerprint density at radius 1 is 1.00 bits per heavy atom. The number of hydrogen-bond donors (Lipinski definition) is 5. The molecule has 0 heterocycles. The summed E-state index contributed by atoms with van der Waals surface area (Å²) in [5, 5.41) is 28.7. The van der Waals surface area contributed by atoms with Crippen molar-refractivity contribution in [3.63, 3.8) is 0 Å². The standard InChI is InChI=1S/C20H40N8/c1-10-11-18(2,3)16(23)26-27-17(24)20(6,7)13-19(4,5)15(22)25-12-14(21)28(8)9/h12,21-22H,10-11,13H2,1-9H3,(H2,23,26)(H2,24,27). The van der Waals surface area contributed by atoms with Crippen molar-refractivity contribution in [1.82, 2.24) is 10.3 Å². The Hall–Kier alpha value is -2.25. The van der Waals surface area contributed by atoms with Crippen molar-refractivity contribution in [2.24, 2.45) is 32.1 Å². The highest BCUT2D eigenvalue weighted by atomic mass is 15.3. The number of nitrogens with one attached hydrogen (secondary N) is 4. The molecule has 0 aliphatic heterocycles. The van der Waals surface area contributed by atoms with Gasteiger partial charge in [0.1, 0.15) is 23.3 Å². The lowest BCUT2D eigenvalue weighted by molar-refractivity contribution is 0.327. The normalized spacial score (nSPS) is 13.5. The maximum Gasteiger partial charge on any atom is 0.139 e. The van der Waals surface area contributed by atoms with Crippen molar-refractivity contribution in [2.45, 2.75) is 67.7 Å². The molecule has 160 valence electrons. The molecule has 0 aromatic heterocycles. The summed E-state index contributed by atoms with van der Waals surface area (Å²) in [7, 11) is 3.51. The summed E-state index contributed by atoms with van der Waals surface area (Å²) in [5.41, 5.74) is 7.57. The molecule has 0 aromatic carbocycles. The molecule has 0 radical (unpaired) electrons. The zero-order chi connectivity index (χ0) is 22.3. The molecular formula is C20H40N8. The lowest BCUT2D eigenvalue weighted by Gasteiger charge is -2.34. The first-order chi connectivity index (χ1) is 12.6. The van der Waals surface area contributed by atoms with Gasteiger partial charge in [-0.15, -0.1) is 0 Å². The third kappa shape index (κ3) is 7.78. The Bertz CT molecular complexity index is 639. The second-order valence-electron chi connectivity index (χ2n) is 9.45. The minimum atomic E-state index is -0.572. The molecule has 0 atom stereocenters. The fourth-order valence-electron chi connectivity index (χ4n) is 2.86. The zero-order valence-electron chi connectivity index (χ0n) is 19.1. The van der Waals surface area contributed by atoms with Crippen LogP contribution in [0, 0.1) is 32.5 Å². The van der Waals surface area contributed by atoms with Crippen LogP contribution in [0.2, 0.25) is 0 Å². The molecule has 0 saturated heterocycles. The van der Waals surface area contributed by atoms with Crippen LogP contribution >= 0.6 is 0 Å². The van der Waals surface area contributed by atoms with Gasteiger partial charge in [-0.3, -0.25) is 21.7 Å². The fourth-order valence-corrected chi connectivity index (χ4v) is 2.86. The highest BCUT2D eigenvalue weighted by Crippen LogP contribution is 2.35. The second-order valence-corrected chi connectivity index (χ2v) is 9.45. The monoisotopic (exact) mass is 392 g/mol. The molecule has 0 aromatic rings. The van der Waals surface area contributed by atoms with E-state index >= 15 is 0 Å². The minimum absolute atomic E-state index is 0.173. The maximum atomic E-state index is 8.42. The molecule has 8 nitrogen and oxygen atoms in total. The molecule has 0 bridgehead atoms. The summed E-state index contributed by atoms with van der Waals surface area (Å²) in [6.07, 6.45) is 3.83. The summed E-state index contributed by atoms with van der Waals surface area (Å²) in [6, 6.07) is 0. The number of rotatable bonds is 9. The van der Waals surface area contributed by atoms with Gasteiger partial charge in [-0.2, -0.15) is 5.10 Å². The predicted octanol–water partition coefficient (Wildman–Crippen LogP) is 3.68. The third-order valence-electron chi connectivity index (χ3n) is 4.86. The first kappa shape index (κ1) is 25.8. The number of amidine groups is 4. The van der Waals surface area contributed by atoms with Gasteiger partial charge >= 0.3 is 0 Å². The van der Waals surface area contributed by atoms with E-state index in [0.717, 1.165) is 12.8 Å². The quantitative estimate of drug-likeness (QED) is 0.232. The molecule has 0 aliphatic carbocycles. The molecule has 0 rings (SSSR count). The SMILES string of the molecule is CCCC(C)(C)/C(N)=N/NC(=N)C(C)(C)CC(C)(C)C(=N)N=CC(=N)N(C)C. The van der Waals surface area contributed by atoms with E-state index in [0.29, 0.717) is 12.3 Å². The van der Waals surface area contributed by atoms with Crippen molar-refractivity contribution in [3.8, 4) is 0 Å². The molecule has 0 aliphatic rings. The molecule has 0 saturated carbocycles. The van der Waals surface area contributed by atoms with Crippen LogP contribution in [0.15, 0.2) is 10.1 Å². The summed E-state index contributed by atoms with van der Waals surface area (Å²) >= 11 is 0. The Kier molecular flexibility index (Phi) is 9.01. The van der Waals surface area contributed by atoms with E-state index in [-0.39, 0.29) is 22.9 Å². The topological polar surface area (TPSA) is 138 Å². The predicted molar refractivity (Wildman–Crippen MR) is 121 cm³/mol. The van der Waals surface area contributed by atoms with Crippen molar-refractivity contribution in [1.29, 1.82) is 16.2 Å². The summed E-state index contributed by atoms with van der Waals surface area (Å²) in [4.78, 5) is 5.76. The average molecular weight is 393 g/mol. The van der Waals surface area contributed by atoms with Crippen LogP contribution in [0.25, 0.3) is 0 Å². The Labute approximate surface area is 170 Å². The first-order valence-electron chi connectivity index (χ1n) is 9.64. The van der Waals surface area contributed by atoms with Gasteiger partial charge in [-0.05, 0) is 12.8 Å². The number of hydrazone groups is 1. The molecule has 0 fully saturated rings. The van der Waals surface area contributed by atoms with Gasteiger partial charge in [0.15, 0.2) is 0 Å². The smallest absolute Gasteiger partial charge is 0.139 e. The van der Waals surface area contributed by atoms with Gasteiger partial charge in [0.05, 0.1) is 6.21 Å². The van der Waals surface area contributed by atoms with E-state index in [4.69, 9.17) is 22.0 Å². The van der Waals surface area contributed by atoms with Gasteiger partial charge in [0, 0.05) is 30.3 Å². The van der Waals surface area contributed by atoms with Gasteiger partial charge in [-0.1, -0.05) is 54.9 Å². The van der Waals surface area contributed by atoms with Gasteiger partial charge < -0.3 is 10.6 Å². The highest BCUT2D eigenvalue weighted by Gasteiger charge is 2.35. The fraction of sp³-hybridized carbons (Fsp3) is 0.750. The zero-order valence-corrected chi connectivity index (χ0v) is 19.1. The molecule has 8 heteroatoms. The van der Waals surface area contributed by atoms with E-state index in [1.165, 1.54) is 6.21 Å². The van der Waals surface area contributed by atoms with E-state index in [9.17, 15) is 0 Å². The Morgan fingerprint density at radius 3 is 2.00 bits per heavy atom. The van der Waals surface area contributed by atoms with Crippen molar-refractivity contribution in [3.05, 3.63) is 0 Å². The summed E-state index contributed by atoms with van der Waals surface area (Å²) < 4.78 is 0. The van der Waals surface area contributed by atoms with Crippen LogP contribution in [0.4, 0.5) is 0 Å². The van der Waals surface area contributed by atoms with E-state index in [1.54, 1.807) is 19.0 Å². The minimum Gasteiger partial charge on any atom is -0.385 e. The van der Waals surface area contributed by atoms with Crippen molar-refractivity contribution < 1.29 is 0 Å². The molecule has 0 amide bonds. The van der Waals surface area contributed by atoms with E-state index < -0.39 is 10.8 Å². The lowest BCUT2D eigenvalue weighted by Crippen LogP contribution is -2.41. The molecule has 0 unspecified atom stereocenters. The van der Waals surface area contributed by atoms with Crippen LogP contribution in [0.5, 0.6) is 0 Å². The van der Waals surface area contributed by atoms with E-state index in [1.807, 2.05) is 41.5 Å². The average Bonchev–Trinajstić information content (AvgIpc) is 2.55. The third-order valence-corrected chi connectivity index (χ3v) is 4.86.